The van der Waals surface area contributed by atoms with E-state index in [1.807, 2.05) is 6.07 Å². The van der Waals surface area contributed by atoms with E-state index in [2.05, 4.69) is 30.0 Å². The lowest BCUT2D eigenvalue weighted by atomic mass is 10.1. The van der Waals surface area contributed by atoms with E-state index < -0.39 is 0 Å². The molecule has 1 aliphatic rings. The van der Waals surface area contributed by atoms with Crippen molar-refractivity contribution in [2.45, 2.75) is 25.5 Å². The Morgan fingerprint density at radius 3 is 3.14 bits per heavy atom. The summed E-state index contributed by atoms with van der Waals surface area (Å²) < 4.78 is 12.2. The predicted molar refractivity (Wildman–Crippen MR) is 86.0 cm³/mol. The molecule has 0 bridgehead atoms. The van der Waals surface area contributed by atoms with Crippen molar-refractivity contribution in [3.05, 3.63) is 29.3 Å². The molecule has 1 aromatic heterocycles. The molecule has 5 heteroatoms. The fraction of sp³-hybridized carbons (Fsp3) is 0.562. The zero-order chi connectivity index (χ0) is 14.7. The second-order valence-corrected chi connectivity index (χ2v) is 6.69. The highest BCUT2D eigenvalue weighted by molar-refractivity contribution is 7.18. The zero-order valence-corrected chi connectivity index (χ0v) is 13.4. The van der Waals surface area contributed by atoms with Crippen LogP contribution in [0.5, 0.6) is 0 Å². The van der Waals surface area contributed by atoms with E-state index in [-0.39, 0.29) is 6.10 Å². The molecule has 0 saturated carbocycles. The largest absolute Gasteiger partial charge is 0.382 e. The Bertz CT molecular complexity index is 551. The minimum atomic E-state index is 0.196. The molecule has 0 unspecified atom stereocenters. The number of hydrogen-bond donors (Lipinski definition) is 0. The molecule has 0 spiro atoms. The van der Waals surface area contributed by atoms with Crippen LogP contribution in [-0.4, -0.2) is 55.4 Å². The van der Waals surface area contributed by atoms with Crippen molar-refractivity contribution in [1.29, 1.82) is 0 Å². The second-order valence-electron chi connectivity index (χ2n) is 5.57. The third-order valence-corrected chi connectivity index (χ3v) is 5.01. The first-order chi connectivity index (χ1) is 10.3. The molecule has 3 rings (SSSR count). The van der Waals surface area contributed by atoms with Crippen molar-refractivity contribution in [3.63, 3.8) is 0 Å². The normalized spacial score (nSPS) is 21.7. The molecule has 4 nitrogen and oxygen atoms in total. The Kier molecular flexibility index (Phi) is 4.85. The van der Waals surface area contributed by atoms with Crippen LogP contribution in [-0.2, 0) is 15.9 Å². The Balaban J connectivity index is 1.63. The van der Waals surface area contributed by atoms with Gasteiger partial charge in [-0.2, -0.15) is 0 Å². The molecule has 0 aliphatic carbocycles. The number of nitrogens with zero attached hydrogens (tertiary/aromatic N) is 2. The summed E-state index contributed by atoms with van der Waals surface area (Å²) in [5.74, 6) is 0. The number of benzene rings is 1. The average Bonchev–Trinajstić information content (AvgIpc) is 2.90. The third-order valence-electron chi connectivity index (χ3n) is 3.95. The van der Waals surface area contributed by atoms with Crippen molar-refractivity contribution in [3.8, 4) is 0 Å². The van der Waals surface area contributed by atoms with Gasteiger partial charge in [-0.3, -0.25) is 4.90 Å². The molecule has 1 aromatic carbocycles. The lowest BCUT2D eigenvalue weighted by Gasteiger charge is -2.36. The minimum Gasteiger partial charge on any atom is -0.382 e. The van der Waals surface area contributed by atoms with E-state index in [4.69, 9.17) is 14.5 Å². The van der Waals surface area contributed by atoms with Crippen molar-refractivity contribution >= 4 is 21.6 Å². The molecule has 1 saturated heterocycles. The van der Waals surface area contributed by atoms with Gasteiger partial charge in [0, 0.05) is 32.7 Å². The lowest BCUT2D eigenvalue weighted by Crippen LogP contribution is -2.48. The first-order valence-electron chi connectivity index (χ1n) is 7.45. The summed E-state index contributed by atoms with van der Waals surface area (Å²) in [6, 6.07) is 8.83. The number of thiazole rings is 1. The summed E-state index contributed by atoms with van der Waals surface area (Å²) in [7, 11) is 1.73. The summed E-state index contributed by atoms with van der Waals surface area (Å²) in [6.45, 7) is 5.68. The van der Waals surface area contributed by atoms with Crippen molar-refractivity contribution in [2.75, 3.05) is 33.4 Å². The van der Waals surface area contributed by atoms with E-state index in [0.717, 1.165) is 31.6 Å². The number of aromatic nitrogens is 1. The molecular weight excluding hydrogens is 284 g/mol. The first-order valence-corrected chi connectivity index (χ1v) is 8.27. The van der Waals surface area contributed by atoms with Crippen LogP contribution >= 0.6 is 11.3 Å². The number of ether oxygens (including phenoxy) is 2. The first kappa shape index (κ1) is 14.9. The van der Waals surface area contributed by atoms with Crippen LogP contribution in [0.4, 0.5) is 0 Å². The summed E-state index contributed by atoms with van der Waals surface area (Å²) >= 11 is 1.81. The van der Waals surface area contributed by atoms with Gasteiger partial charge in [0.2, 0.25) is 0 Å². The highest BCUT2D eigenvalue weighted by Crippen LogP contribution is 2.23. The van der Waals surface area contributed by atoms with Crippen LogP contribution < -0.4 is 0 Å². The number of para-hydroxylation sites is 1. The zero-order valence-electron chi connectivity index (χ0n) is 12.6. The molecule has 114 valence electrons. The Morgan fingerprint density at radius 1 is 1.48 bits per heavy atom. The van der Waals surface area contributed by atoms with Crippen molar-refractivity contribution in [2.24, 2.45) is 0 Å². The summed E-state index contributed by atoms with van der Waals surface area (Å²) in [5.41, 5.74) is 1.11. The molecule has 2 aromatic rings. The fourth-order valence-corrected chi connectivity index (χ4v) is 3.91. The molecular formula is C16H22N2O2S. The predicted octanol–water partition coefficient (Wildman–Crippen LogP) is 2.57. The minimum absolute atomic E-state index is 0.196. The monoisotopic (exact) mass is 306 g/mol. The third kappa shape index (κ3) is 3.61. The van der Waals surface area contributed by atoms with E-state index in [1.165, 1.54) is 9.71 Å². The van der Waals surface area contributed by atoms with Crippen LogP contribution in [0.3, 0.4) is 0 Å². The Labute approximate surface area is 129 Å². The van der Waals surface area contributed by atoms with Gasteiger partial charge in [-0.1, -0.05) is 12.1 Å². The van der Waals surface area contributed by atoms with E-state index in [1.54, 1.807) is 18.4 Å². The van der Waals surface area contributed by atoms with Gasteiger partial charge in [-0.25, -0.2) is 4.98 Å². The maximum absolute atomic E-state index is 5.72. The van der Waals surface area contributed by atoms with Gasteiger partial charge in [0.05, 0.1) is 34.5 Å². The smallest absolute Gasteiger partial charge is 0.0954 e. The van der Waals surface area contributed by atoms with Crippen LogP contribution in [0.2, 0.25) is 0 Å². The van der Waals surface area contributed by atoms with Gasteiger partial charge in [-0.05, 0) is 19.1 Å². The Morgan fingerprint density at radius 2 is 2.33 bits per heavy atom. The second kappa shape index (κ2) is 6.83. The van der Waals surface area contributed by atoms with Gasteiger partial charge >= 0.3 is 0 Å². The van der Waals surface area contributed by atoms with Gasteiger partial charge in [0.15, 0.2) is 0 Å². The van der Waals surface area contributed by atoms with E-state index >= 15 is 0 Å². The molecule has 0 amide bonds. The molecule has 2 atom stereocenters. The SMILES string of the molecule is COC[C@H]1CN([C@@H](C)Cc2nc3ccccc3s2)CCO1. The van der Waals surface area contributed by atoms with Gasteiger partial charge in [0.25, 0.3) is 0 Å². The van der Waals surface area contributed by atoms with Crippen LogP contribution in [0.25, 0.3) is 10.2 Å². The van der Waals surface area contributed by atoms with Gasteiger partial charge in [-0.15, -0.1) is 11.3 Å². The molecule has 2 heterocycles. The summed E-state index contributed by atoms with van der Waals surface area (Å²) in [6.07, 6.45) is 1.19. The van der Waals surface area contributed by atoms with Crippen LogP contribution in [0.1, 0.15) is 11.9 Å². The highest BCUT2D eigenvalue weighted by Gasteiger charge is 2.24. The summed E-state index contributed by atoms with van der Waals surface area (Å²) in [5, 5.41) is 1.22. The van der Waals surface area contributed by atoms with Gasteiger partial charge in [0.1, 0.15) is 0 Å². The molecule has 1 aliphatic heterocycles. The number of methoxy groups -OCH3 is 1. The van der Waals surface area contributed by atoms with Crippen molar-refractivity contribution in [1.82, 2.24) is 9.88 Å². The number of hydrogen-bond acceptors (Lipinski definition) is 5. The number of fused-ring (bicyclic) bond motifs is 1. The lowest BCUT2D eigenvalue weighted by molar-refractivity contribution is -0.0700. The molecule has 0 N–H and O–H groups in total. The molecule has 21 heavy (non-hydrogen) atoms. The van der Waals surface area contributed by atoms with Crippen molar-refractivity contribution < 1.29 is 9.47 Å². The summed E-state index contributed by atoms with van der Waals surface area (Å²) in [4.78, 5) is 7.22. The molecule has 0 radical (unpaired) electrons. The maximum atomic E-state index is 5.72. The van der Waals surface area contributed by atoms with E-state index in [0.29, 0.717) is 12.6 Å². The number of morpholine rings is 1. The Hall–Kier alpha value is -1.01. The quantitative estimate of drug-likeness (QED) is 0.850. The van der Waals surface area contributed by atoms with Crippen LogP contribution in [0, 0.1) is 0 Å². The molecule has 1 fully saturated rings. The standard InChI is InChI=1S/C16H22N2O2S/c1-12(18-7-8-20-13(10-18)11-19-2)9-16-17-14-5-3-4-6-15(14)21-16/h3-6,12-13H,7-11H2,1-2H3/t12-,13+/m0/s1. The van der Waals surface area contributed by atoms with Crippen LogP contribution in [0.15, 0.2) is 24.3 Å². The number of rotatable bonds is 5. The maximum Gasteiger partial charge on any atom is 0.0954 e. The van der Waals surface area contributed by atoms with E-state index in [9.17, 15) is 0 Å². The average molecular weight is 306 g/mol. The van der Waals surface area contributed by atoms with Gasteiger partial charge < -0.3 is 9.47 Å². The topological polar surface area (TPSA) is 34.6 Å². The highest BCUT2D eigenvalue weighted by atomic mass is 32.1. The fourth-order valence-electron chi connectivity index (χ4n) is 2.82.